The first-order chi connectivity index (χ1) is 8.67. The molecule has 0 amide bonds. The van der Waals surface area contributed by atoms with Crippen LogP contribution in [0.3, 0.4) is 0 Å². The first-order valence-corrected chi connectivity index (χ1v) is 7.38. The minimum Gasteiger partial charge on any atom is -0.384 e. The van der Waals surface area contributed by atoms with Crippen LogP contribution in [0.15, 0.2) is 18.2 Å². The lowest BCUT2D eigenvalue weighted by Crippen LogP contribution is -2.33. The minimum absolute atomic E-state index is 0.264. The smallest absolute Gasteiger partial charge is 0.237 e. The number of aliphatic hydroxyl groups excluding tert-OH is 1. The maximum atomic E-state index is 12.1. The molecule has 19 heavy (non-hydrogen) atoms. The van der Waals surface area contributed by atoms with Crippen molar-refractivity contribution in [2.24, 2.45) is 0 Å². The van der Waals surface area contributed by atoms with Gasteiger partial charge in [-0.05, 0) is 45.4 Å². The molecular formula is C14H19NO3S. The van der Waals surface area contributed by atoms with E-state index in [1.807, 2.05) is 13.0 Å². The van der Waals surface area contributed by atoms with Crippen molar-refractivity contribution in [1.29, 1.82) is 0 Å². The van der Waals surface area contributed by atoms with Gasteiger partial charge in [-0.2, -0.15) is 0 Å². The molecule has 0 spiro atoms. The Morgan fingerprint density at radius 2 is 1.95 bits per heavy atom. The Bertz CT molecular complexity index is 616. The van der Waals surface area contributed by atoms with Crippen LogP contribution >= 0.6 is 0 Å². The quantitative estimate of drug-likeness (QED) is 0.813. The highest BCUT2D eigenvalue weighted by Crippen LogP contribution is 2.23. The summed E-state index contributed by atoms with van der Waals surface area (Å²) in [4.78, 5) is 0. The third kappa shape index (κ3) is 3.98. The molecule has 0 fully saturated rings. The van der Waals surface area contributed by atoms with Crippen molar-refractivity contribution < 1.29 is 13.5 Å². The third-order valence-electron chi connectivity index (χ3n) is 2.53. The number of anilines is 1. The van der Waals surface area contributed by atoms with Crippen molar-refractivity contribution in [1.82, 2.24) is 0 Å². The van der Waals surface area contributed by atoms with E-state index in [1.54, 1.807) is 32.9 Å². The van der Waals surface area contributed by atoms with Gasteiger partial charge in [-0.1, -0.05) is 17.9 Å². The maximum absolute atomic E-state index is 12.1. The molecule has 4 nitrogen and oxygen atoms in total. The van der Waals surface area contributed by atoms with Crippen molar-refractivity contribution >= 4 is 15.7 Å². The number of hydrogen-bond donors (Lipinski definition) is 2. The largest absolute Gasteiger partial charge is 0.384 e. The van der Waals surface area contributed by atoms with Crippen LogP contribution in [0.2, 0.25) is 0 Å². The van der Waals surface area contributed by atoms with Crippen LogP contribution in [-0.4, -0.2) is 24.9 Å². The van der Waals surface area contributed by atoms with E-state index in [0.29, 0.717) is 11.3 Å². The van der Waals surface area contributed by atoms with E-state index in [4.69, 9.17) is 5.11 Å². The van der Waals surface area contributed by atoms with E-state index in [1.165, 1.54) is 0 Å². The average molecular weight is 281 g/mol. The number of hydrogen-bond acceptors (Lipinski definition) is 3. The fraction of sp³-hybridized carbons (Fsp3) is 0.429. The molecule has 0 saturated carbocycles. The number of nitrogens with one attached hydrogen (secondary N) is 1. The maximum Gasteiger partial charge on any atom is 0.237 e. The summed E-state index contributed by atoms with van der Waals surface area (Å²) in [5, 5.41) is 8.74. The van der Waals surface area contributed by atoms with Crippen LogP contribution in [0.5, 0.6) is 0 Å². The Labute approximate surface area is 114 Å². The van der Waals surface area contributed by atoms with E-state index in [0.717, 1.165) is 5.56 Å². The third-order valence-corrected chi connectivity index (χ3v) is 4.63. The van der Waals surface area contributed by atoms with Crippen LogP contribution in [0.25, 0.3) is 0 Å². The van der Waals surface area contributed by atoms with E-state index in [2.05, 4.69) is 16.6 Å². The highest BCUT2D eigenvalue weighted by molar-refractivity contribution is 7.94. The Balaban J connectivity index is 3.22. The van der Waals surface area contributed by atoms with Crippen LogP contribution in [-0.2, 0) is 10.0 Å². The molecule has 0 atom stereocenters. The molecule has 0 aromatic heterocycles. The van der Waals surface area contributed by atoms with Crippen LogP contribution in [0.1, 0.15) is 31.9 Å². The number of aliphatic hydroxyl groups is 1. The summed E-state index contributed by atoms with van der Waals surface area (Å²) in [6, 6.07) is 5.27. The van der Waals surface area contributed by atoms with Gasteiger partial charge in [0.05, 0.1) is 10.4 Å². The topological polar surface area (TPSA) is 66.4 Å². The average Bonchev–Trinajstić information content (AvgIpc) is 2.27. The van der Waals surface area contributed by atoms with Gasteiger partial charge in [0.15, 0.2) is 0 Å². The van der Waals surface area contributed by atoms with Gasteiger partial charge < -0.3 is 5.11 Å². The molecule has 1 rings (SSSR count). The normalized spacial score (nSPS) is 11.6. The zero-order valence-electron chi connectivity index (χ0n) is 11.6. The van der Waals surface area contributed by atoms with Gasteiger partial charge in [0.1, 0.15) is 6.61 Å². The number of rotatable bonds is 2. The summed E-state index contributed by atoms with van der Waals surface area (Å²) >= 11 is 0. The van der Waals surface area contributed by atoms with Gasteiger partial charge in [0.25, 0.3) is 0 Å². The molecule has 0 heterocycles. The molecule has 0 aliphatic rings. The molecule has 0 aliphatic heterocycles. The SMILES string of the molecule is Cc1ccc(NS(=O)(=O)C(C)(C)C)c(C#CCO)c1. The van der Waals surface area contributed by atoms with Crippen molar-refractivity contribution in [2.45, 2.75) is 32.4 Å². The fourth-order valence-electron chi connectivity index (χ4n) is 1.28. The van der Waals surface area contributed by atoms with E-state index in [9.17, 15) is 8.42 Å². The summed E-state index contributed by atoms with van der Waals surface area (Å²) in [6.07, 6.45) is 0. The summed E-state index contributed by atoms with van der Waals surface area (Å²) < 4.78 is 25.9. The Morgan fingerprint density at radius 3 is 2.47 bits per heavy atom. The molecule has 1 aromatic carbocycles. The predicted octanol–water partition coefficient (Wildman–Crippen LogP) is 1.88. The lowest BCUT2D eigenvalue weighted by molar-refractivity contribution is 0.350. The van der Waals surface area contributed by atoms with Gasteiger partial charge in [-0.15, -0.1) is 0 Å². The van der Waals surface area contributed by atoms with E-state index >= 15 is 0 Å². The number of benzene rings is 1. The van der Waals surface area contributed by atoms with Crippen LogP contribution in [0.4, 0.5) is 5.69 Å². The molecule has 104 valence electrons. The first kappa shape index (κ1) is 15.5. The highest BCUT2D eigenvalue weighted by atomic mass is 32.2. The molecule has 0 saturated heterocycles. The lowest BCUT2D eigenvalue weighted by Gasteiger charge is -2.21. The molecule has 0 unspecified atom stereocenters. The van der Waals surface area contributed by atoms with Crippen LogP contribution in [0, 0.1) is 18.8 Å². The Morgan fingerprint density at radius 1 is 1.32 bits per heavy atom. The zero-order chi connectivity index (χ0) is 14.7. The van der Waals surface area contributed by atoms with E-state index < -0.39 is 14.8 Å². The van der Waals surface area contributed by atoms with Crippen molar-refractivity contribution in [2.75, 3.05) is 11.3 Å². The summed E-state index contributed by atoms with van der Waals surface area (Å²) in [6.45, 7) is 6.51. The molecule has 5 heteroatoms. The lowest BCUT2D eigenvalue weighted by atomic mass is 10.1. The second kappa shape index (κ2) is 5.64. The summed E-state index contributed by atoms with van der Waals surface area (Å²) in [5.74, 6) is 5.28. The zero-order valence-corrected chi connectivity index (χ0v) is 12.4. The van der Waals surface area contributed by atoms with Gasteiger partial charge in [-0.25, -0.2) is 8.42 Å². The Kier molecular flexibility index (Phi) is 4.61. The van der Waals surface area contributed by atoms with Gasteiger partial charge in [0.2, 0.25) is 10.0 Å². The van der Waals surface area contributed by atoms with Crippen molar-refractivity contribution in [3.8, 4) is 11.8 Å². The summed E-state index contributed by atoms with van der Waals surface area (Å²) in [7, 11) is -3.49. The number of aryl methyl sites for hydroxylation is 1. The molecular weight excluding hydrogens is 262 g/mol. The first-order valence-electron chi connectivity index (χ1n) is 5.90. The van der Waals surface area contributed by atoms with Gasteiger partial charge >= 0.3 is 0 Å². The second-order valence-corrected chi connectivity index (χ2v) is 7.66. The molecule has 0 radical (unpaired) electrons. The van der Waals surface area contributed by atoms with Crippen LogP contribution < -0.4 is 4.72 Å². The molecule has 2 N–H and O–H groups in total. The molecule has 1 aromatic rings. The summed E-state index contributed by atoms with van der Waals surface area (Å²) in [5.41, 5.74) is 1.96. The van der Waals surface area contributed by atoms with Crippen molar-refractivity contribution in [3.05, 3.63) is 29.3 Å². The van der Waals surface area contributed by atoms with Crippen molar-refractivity contribution in [3.63, 3.8) is 0 Å². The van der Waals surface area contributed by atoms with Gasteiger partial charge in [-0.3, -0.25) is 4.72 Å². The molecule has 0 bridgehead atoms. The monoisotopic (exact) mass is 281 g/mol. The fourth-order valence-corrected chi connectivity index (χ4v) is 2.06. The second-order valence-electron chi connectivity index (χ2n) is 5.23. The predicted molar refractivity (Wildman–Crippen MR) is 77.4 cm³/mol. The number of sulfonamides is 1. The minimum atomic E-state index is -3.49. The molecule has 0 aliphatic carbocycles. The standard InChI is InChI=1S/C14H19NO3S/c1-11-7-8-13(12(10-11)6-5-9-16)15-19(17,18)14(2,3)4/h7-8,10,15-16H,9H2,1-4H3. The Hall–Kier alpha value is -1.51. The highest BCUT2D eigenvalue weighted by Gasteiger charge is 2.29. The van der Waals surface area contributed by atoms with E-state index in [-0.39, 0.29) is 6.61 Å². The van der Waals surface area contributed by atoms with Gasteiger partial charge in [0, 0.05) is 5.56 Å².